The van der Waals surface area contributed by atoms with Gasteiger partial charge in [0.2, 0.25) is 5.91 Å². The van der Waals surface area contributed by atoms with Gasteiger partial charge in [0.25, 0.3) is 0 Å². The summed E-state index contributed by atoms with van der Waals surface area (Å²) in [5.41, 5.74) is 4.45. The van der Waals surface area contributed by atoms with Crippen molar-refractivity contribution in [1.29, 1.82) is 0 Å². The SMILES string of the molecule is COCCC(C)(O)CNC(=O)CC(CN)OC. The summed E-state index contributed by atoms with van der Waals surface area (Å²) in [6, 6.07) is 0. The Morgan fingerprint density at radius 1 is 1.53 bits per heavy atom. The number of rotatable bonds is 9. The fraction of sp³-hybridized carbons (Fsp3) is 0.909. The number of carbonyl (C=O) groups is 1. The van der Waals surface area contributed by atoms with Gasteiger partial charge in [0.15, 0.2) is 0 Å². The third-order valence-electron chi connectivity index (χ3n) is 2.52. The third kappa shape index (κ3) is 8.09. The first-order chi connectivity index (χ1) is 7.95. The third-order valence-corrected chi connectivity index (χ3v) is 2.52. The molecular weight excluding hydrogens is 224 g/mol. The summed E-state index contributed by atoms with van der Waals surface area (Å²) in [7, 11) is 3.08. The summed E-state index contributed by atoms with van der Waals surface area (Å²) in [5, 5.41) is 12.5. The number of amides is 1. The number of hydrogen-bond acceptors (Lipinski definition) is 5. The fourth-order valence-corrected chi connectivity index (χ4v) is 1.24. The molecule has 0 spiro atoms. The van der Waals surface area contributed by atoms with Crippen molar-refractivity contribution in [2.75, 3.05) is 33.9 Å². The molecule has 0 aromatic rings. The van der Waals surface area contributed by atoms with Crippen LogP contribution in [0.4, 0.5) is 0 Å². The van der Waals surface area contributed by atoms with E-state index < -0.39 is 5.60 Å². The Kier molecular flexibility index (Phi) is 8.07. The second-order valence-corrected chi connectivity index (χ2v) is 4.31. The Hall–Kier alpha value is -0.690. The van der Waals surface area contributed by atoms with Crippen molar-refractivity contribution < 1.29 is 19.4 Å². The van der Waals surface area contributed by atoms with Gasteiger partial charge in [0, 0.05) is 40.3 Å². The summed E-state index contributed by atoms with van der Waals surface area (Å²) < 4.78 is 9.87. The normalized spacial score (nSPS) is 16.3. The average Bonchev–Trinajstić information content (AvgIpc) is 2.31. The van der Waals surface area contributed by atoms with Crippen molar-refractivity contribution in [1.82, 2.24) is 5.32 Å². The average molecular weight is 248 g/mol. The molecular formula is C11H24N2O4. The zero-order valence-corrected chi connectivity index (χ0v) is 10.9. The van der Waals surface area contributed by atoms with Crippen LogP contribution in [0.2, 0.25) is 0 Å². The molecule has 0 saturated carbocycles. The number of hydrogen-bond donors (Lipinski definition) is 3. The molecule has 0 heterocycles. The van der Waals surface area contributed by atoms with E-state index in [2.05, 4.69) is 5.32 Å². The van der Waals surface area contributed by atoms with Gasteiger partial charge in [-0.2, -0.15) is 0 Å². The molecule has 0 aromatic carbocycles. The van der Waals surface area contributed by atoms with Gasteiger partial charge in [-0.05, 0) is 6.92 Å². The van der Waals surface area contributed by atoms with Gasteiger partial charge in [-0.3, -0.25) is 4.79 Å². The van der Waals surface area contributed by atoms with Crippen LogP contribution >= 0.6 is 0 Å². The molecule has 6 nitrogen and oxygen atoms in total. The first-order valence-corrected chi connectivity index (χ1v) is 5.66. The molecule has 0 rings (SSSR count). The van der Waals surface area contributed by atoms with Crippen LogP contribution in [-0.4, -0.2) is 56.6 Å². The van der Waals surface area contributed by atoms with Gasteiger partial charge in [0.1, 0.15) is 0 Å². The minimum atomic E-state index is -0.961. The number of ether oxygens (including phenoxy) is 2. The number of methoxy groups -OCH3 is 2. The summed E-state index contributed by atoms with van der Waals surface area (Å²) >= 11 is 0. The molecule has 0 radical (unpaired) electrons. The van der Waals surface area contributed by atoms with Gasteiger partial charge in [-0.15, -0.1) is 0 Å². The van der Waals surface area contributed by atoms with E-state index in [0.717, 1.165) is 0 Å². The van der Waals surface area contributed by atoms with Crippen LogP contribution in [0.5, 0.6) is 0 Å². The quantitative estimate of drug-likeness (QED) is 0.499. The standard InChI is InChI=1S/C11H24N2O4/c1-11(15,4-5-16-2)8-13-10(14)6-9(7-12)17-3/h9,15H,4-8,12H2,1-3H3,(H,13,14). The molecule has 102 valence electrons. The molecule has 0 aromatic heterocycles. The van der Waals surface area contributed by atoms with E-state index in [1.54, 1.807) is 14.0 Å². The van der Waals surface area contributed by atoms with Crippen LogP contribution in [0.25, 0.3) is 0 Å². The lowest BCUT2D eigenvalue weighted by atomic mass is 10.0. The minimum absolute atomic E-state index is 0.181. The van der Waals surface area contributed by atoms with E-state index in [4.69, 9.17) is 15.2 Å². The summed E-state index contributed by atoms with van der Waals surface area (Å²) in [6.07, 6.45) is 0.390. The fourth-order valence-electron chi connectivity index (χ4n) is 1.24. The van der Waals surface area contributed by atoms with Crippen LogP contribution in [-0.2, 0) is 14.3 Å². The molecule has 0 bridgehead atoms. The first kappa shape index (κ1) is 16.3. The maximum absolute atomic E-state index is 11.5. The number of carbonyl (C=O) groups excluding carboxylic acids is 1. The lowest BCUT2D eigenvalue weighted by Gasteiger charge is -2.23. The van der Waals surface area contributed by atoms with Crippen molar-refractivity contribution in [2.45, 2.75) is 31.5 Å². The van der Waals surface area contributed by atoms with Crippen LogP contribution in [0.15, 0.2) is 0 Å². The van der Waals surface area contributed by atoms with Gasteiger partial charge < -0.3 is 25.6 Å². The maximum Gasteiger partial charge on any atom is 0.222 e. The Morgan fingerprint density at radius 3 is 2.65 bits per heavy atom. The molecule has 17 heavy (non-hydrogen) atoms. The van der Waals surface area contributed by atoms with E-state index in [1.165, 1.54) is 7.11 Å². The summed E-state index contributed by atoms with van der Waals surface area (Å²) in [6.45, 7) is 2.59. The van der Waals surface area contributed by atoms with Crippen molar-refractivity contribution in [3.8, 4) is 0 Å². The number of aliphatic hydroxyl groups is 1. The topological polar surface area (TPSA) is 93.8 Å². The molecule has 0 saturated heterocycles. The van der Waals surface area contributed by atoms with Crippen LogP contribution in [0.1, 0.15) is 19.8 Å². The van der Waals surface area contributed by atoms with Crippen molar-refractivity contribution >= 4 is 5.91 Å². The second kappa shape index (κ2) is 8.41. The van der Waals surface area contributed by atoms with Crippen molar-refractivity contribution in [3.63, 3.8) is 0 Å². The lowest BCUT2D eigenvalue weighted by Crippen LogP contribution is -2.42. The molecule has 2 atom stereocenters. The molecule has 1 amide bonds. The van der Waals surface area contributed by atoms with E-state index in [0.29, 0.717) is 19.6 Å². The molecule has 0 aliphatic carbocycles. The second-order valence-electron chi connectivity index (χ2n) is 4.31. The Morgan fingerprint density at radius 2 is 2.18 bits per heavy atom. The molecule has 0 fully saturated rings. The zero-order chi connectivity index (χ0) is 13.3. The van der Waals surface area contributed by atoms with Crippen LogP contribution in [0, 0.1) is 0 Å². The Bertz CT molecular complexity index is 218. The summed E-state index contributed by atoms with van der Waals surface area (Å²) in [5.74, 6) is -0.181. The molecule has 2 unspecified atom stereocenters. The lowest BCUT2D eigenvalue weighted by molar-refractivity contribution is -0.124. The van der Waals surface area contributed by atoms with E-state index in [-0.39, 0.29) is 25.0 Å². The highest BCUT2D eigenvalue weighted by molar-refractivity contribution is 5.76. The monoisotopic (exact) mass is 248 g/mol. The molecule has 0 aliphatic heterocycles. The van der Waals surface area contributed by atoms with E-state index in [9.17, 15) is 9.90 Å². The first-order valence-electron chi connectivity index (χ1n) is 5.66. The van der Waals surface area contributed by atoms with Crippen LogP contribution < -0.4 is 11.1 Å². The van der Waals surface area contributed by atoms with E-state index >= 15 is 0 Å². The highest BCUT2D eigenvalue weighted by Crippen LogP contribution is 2.07. The molecule has 4 N–H and O–H groups in total. The molecule has 0 aliphatic rings. The smallest absolute Gasteiger partial charge is 0.222 e. The number of nitrogens with one attached hydrogen (secondary N) is 1. The predicted molar refractivity (Wildman–Crippen MR) is 64.6 cm³/mol. The van der Waals surface area contributed by atoms with Crippen molar-refractivity contribution in [2.24, 2.45) is 5.73 Å². The number of nitrogens with two attached hydrogens (primary N) is 1. The van der Waals surface area contributed by atoms with E-state index in [1.807, 2.05) is 0 Å². The zero-order valence-electron chi connectivity index (χ0n) is 10.9. The highest BCUT2D eigenvalue weighted by Gasteiger charge is 2.21. The Labute approximate surface area is 102 Å². The van der Waals surface area contributed by atoms with Gasteiger partial charge >= 0.3 is 0 Å². The van der Waals surface area contributed by atoms with Gasteiger partial charge in [-0.1, -0.05) is 0 Å². The van der Waals surface area contributed by atoms with Gasteiger partial charge in [-0.25, -0.2) is 0 Å². The summed E-state index contributed by atoms with van der Waals surface area (Å²) in [4.78, 5) is 11.5. The van der Waals surface area contributed by atoms with Crippen LogP contribution in [0.3, 0.4) is 0 Å². The Balaban J connectivity index is 3.89. The molecule has 6 heteroatoms. The van der Waals surface area contributed by atoms with Gasteiger partial charge in [0.05, 0.1) is 18.1 Å². The largest absolute Gasteiger partial charge is 0.388 e. The predicted octanol–water partition coefficient (Wildman–Crippen LogP) is -0.746. The minimum Gasteiger partial charge on any atom is -0.388 e. The maximum atomic E-state index is 11.5. The highest BCUT2D eigenvalue weighted by atomic mass is 16.5. The van der Waals surface area contributed by atoms with Crippen molar-refractivity contribution in [3.05, 3.63) is 0 Å².